The normalized spacial score (nSPS) is 18.4. The van der Waals surface area contributed by atoms with Crippen molar-refractivity contribution in [3.05, 3.63) is 57.6 Å². The number of rotatable bonds is 6. The number of nitro groups is 1. The largest absolute Gasteiger partial charge is 0.295 e. The number of nitrogens with one attached hydrogen (secondary N) is 2. The van der Waals surface area contributed by atoms with Gasteiger partial charge in [0.1, 0.15) is 5.69 Å². The van der Waals surface area contributed by atoms with E-state index in [4.69, 9.17) is 11.6 Å². The minimum atomic E-state index is -4.00. The minimum absolute atomic E-state index is 0.144. The van der Waals surface area contributed by atoms with Crippen LogP contribution in [0.1, 0.15) is 32.6 Å². The van der Waals surface area contributed by atoms with Gasteiger partial charge in [0.15, 0.2) is 0 Å². The highest BCUT2D eigenvalue weighted by Crippen LogP contribution is 2.29. The first-order valence-corrected chi connectivity index (χ1v) is 11.0. The van der Waals surface area contributed by atoms with Crippen LogP contribution in [-0.4, -0.2) is 19.1 Å². The summed E-state index contributed by atoms with van der Waals surface area (Å²) in [7, 11) is -4.00. The molecule has 3 rings (SSSR count). The Morgan fingerprint density at radius 1 is 1.17 bits per heavy atom. The van der Waals surface area contributed by atoms with E-state index in [2.05, 4.69) is 22.2 Å². The van der Waals surface area contributed by atoms with Crippen molar-refractivity contribution in [3.63, 3.8) is 0 Å². The van der Waals surface area contributed by atoms with Gasteiger partial charge in [0.05, 0.1) is 9.82 Å². The topological polar surface area (TPSA) is 114 Å². The van der Waals surface area contributed by atoms with Gasteiger partial charge in [0.25, 0.3) is 15.7 Å². The predicted octanol–water partition coefficient (Wildman–Crippen LogP) is 5.03. The number of hydrogen-bond acceptors (Lipinski definition) is 6. The Balaban J connectivity index is 1.86. The van der Waals surface area contributed by atoms with E-state index >= 15 is 0 Å². The maximum Gasteiger partial charge on any atom is 0.295 e. The Bertz CT molecular complexity index is 1040. The Morgan fingerprint density at radius 2 is 1.90 bits per heavy atom. The van der Waals surface area contributed by atoms with E-state index in [1.54, 1.807) is 12.1 Å². The maximum absolute atomic E-state index is 12.6. The summed E-state index contributed by atoms with van der Waals surface area (Å²) in [5.41, 5.74) is 3.79. The Morgan fingerprint density at radius 3 is 2.55 bits per heavy atom. The third kappa shape index (κ3) is 5.24. The molecule has 0 aromatic heterocycles. The van der Waals surface area contributed by atoms with Crippen LogP contribution in [0.15, 0.2) is 52.5 Å². The lowest BCUT2D eigenvalue weighted by Crippen LogP contribution is -2.17. The van der Waals surface area contributed by atoms with Crippen LogP contribution in [0.2, 0.25) is 5.02 Å². The van der Waals surface area contributed by atoms with E-state index in [0.29, 0.717) is 16.6 Å². The third-order valence-electron chi connectivity index (χ3n) is 4.78. The lowest BCUT2D eigenvalue weighted by Gasteiger charge is -2.20. The molecule has 8 nitrogen and oxygen atoms in total. The molecule has 2 N–H and O–H groups in total. The molecule has 0 aliphatic heterocycles. The monoisotopic (exact) mass is 436 g/mol. The van der Waals surface area contributed by atoms with Gasteiger partial charge in [0, 0.05) is 22.5 Å². The smallest absolute Gasteiger partial charge is 0.280 e. The summed E-state index contributed by atoms with van der Waals surface area (Å²) in [6.45, 7) is 2.08. The van der Waals surface area contributed by atoms with Crippen molar-refractivity contribution in [2.75, 3.05) is 10.1 Å². The zero-order chi connectivity index (χ0) is 21.0. The average molecular weight is 437 g/mol. The fraction of sp³-hybridized carbons (Fsp3) is 0.316. The molecular weight excluding hydrogens is 416 g/mol. The number of anilines is 2. The molecule has 1 saturated carbocycles. The zero-order valence-corrected chi connectivity index (χ0v) is 17.3. The molecule has 0 radical (unpaired) electrons. The average Bonchev–Trinajstić information content (AvgIpc) is 2.69. The first kappa shape index (κ1) is 21.1. The van der Waals surface area contributed by atoms with Crippen LogP contribution in [0.3, 0.4) is 0 Å². The maximum atomic E-state index is 12.6. The van der Waals surface area contributed by atoms with E-state index < -0.39 is 14.9 Å². The van der Waals surface area contributed by atoms with Gasteiger partial charge in [-0.2, -0.15) is 5.10 Å². The van der Waals surface area contributed by atoms with Gasteiger partial charge in [-0.05, 0) is 61.6 Å². The predicted molar refractivity (Wildman–Crippen MR) is 114 cm³/mol. The van der Waals surface area contributed by atoms with Crippen LogP contribution >= 0.6 is 11.6 Å². The van der Waals surface area contributed by atoms with Crippen molar-refractivity contribution in [1.82, 2.24) is 0 Å². The van der Waals surface area contributed by atoms with Crippen molar-refractivity contribution in [2.24, 2.45) is 11.0 Å². The van der Waals surface area contributed by atoms with Gasteiger partial charge < -0.3 is 0 Å². The van der Waals surface area contributed by atoms with E-state index in [9.17, 15) is 18.5 Å². The van der Waals surface area contributed by atoms with Crippen LogP contribution in [0.4, 0.5) is 17.1 Å². The van der Waals surface area contributed by atoms with Crippen molar-refractivity contribution < 1.29 is 13.3 Å². The molecule has 29 heavy (non-hydrogen) atoms. The SMILES string of the molecule is CC1CCCCC1=NNc1ccc(S(=O)(=O)Nc2ccc(Cl)cc2)cc1[N+](=O)[O-]. The second-order valence-electron chi connectivity index (χ2n) is 6.91. The molecule has 2 aromatic carbocycles. The zero-order valence-electron chi connectivity index (χ0n) is 15.8. The highest BCUT2D eigenvalue weighted by molar-refractivity contribution is 7.92. The summed E-state index contributed by atoms with van der Waals surface area (Å²) in [6, 6.07) is 9.77. The van der Waals surface area contributed by atoms with Crippen molar-refractivity contribution >= 4 is 44.4 Å². The van der Waals surface area contributed by atoms with E-state index in [1.807, 2.05) is 0 Å². The lowest BCUT2D eigenvalue weighted by atomic mass is 9.89. The van der Waals surface area contributed by atoms with Crippen LogP contribution in [0.5, 0.6) is 0 Å². The first-order valence-electron chi connectivity index (χ1n) is 9.15. The summed E-state index contributed by atoms with van der Waals surface area (Å²) in [5.74, 6) is 0.318. The molecule has 0 bridgehead atoms. The Kier molecular flexibility index (Phi) is 6.39. The van der Waals surface area contributed by atoms with Crippen molar-refractivity contribution in [3.8, 4) is 0 Å². The van der Waals surface area contributed by atoms with Gasteiger partial charge in [-0.15, -0.1) is 0 Å². The molecule has 1 atom stereocenters. The number of nitro benzene ring substituents is 1. The number of halogens is 1. The summed E-state index contributed by atoms with van der Waals surface area (Å²) in [6.07, 6.45) is 4.07. The van der Waals surface area contributed by atoms with Crippen LogP contribution in [0, 0.1) is 16.0 Å². The second kappa shape index (κ2) is 8.79. The first-order chi connectivity index (χ1) is 13.8. The van der Waals surface area contributed by atoms with Gasteiger partial charge in [-0.3, -0.25) is 20.3 Å². The fourth-order valence-electron chi connectivity index (χ4n) is 3.12. The van der Waals surface area contributed by atoms with Crippen LogP contribution in [-0.2, 0) is 10.0 Å². The van der Waals surface area contributed by atoms with Crippen molar-refractivity contribution in [1.29, 1.82) is 0 Å². The van der Waals surface area contributed by atoms with Crippen LogP contribution < -0.4 is 10.1 Å². The number of sulfonamides is 1. The lowest BCUT2D eigenvalue weighted by molar-refractivity contribution is -0.384. The number of hydrogen-bond donors (Lipinski definition) is 2. The minimum Gasteiger partial charge on any atom is -0.280 e. The summed E-state index contributed by atoms with van der Waals surface area (Å²) in [4.78, 5) is 10.6. The van der Waals surface area contributed by atoms with Gasteiger partial charge >= 0.3 is 0 Å². The number of nitrogens with zero attached hydrogens (tertiary/aromatic N) is 2. The highest BCUT2D eigenvalue weighted by atomic mass is 35.5. The molecule has 0 spiro atoms. The summed E-state index contributed by atoms with van der Waals surface area (Å²) in [5, 5.41) is 16.3. The van der Waals surface area contributed by atoms with Gasteiger partial charge in [0.2, 0.25) is 0 Å². The summed E-state index contributed by atoms with van der Waals surface area (Å²) < 4.78 is 27.6. The van der Waals surface area contributed by atoms with Crippen molar-refractivity contribution in [2.45, 2.75) is 37.5 Å². The van der Waals surface area contributed by atoms with E-state index in [1.165, 1.54) is 24.3 Å². The van der Waals surface area contributed by atoms with Crippen LogP contribution in [0.25, 0.3) is 0 Å². The standard InChI is InChI=1S/C19H21ClN4O4S/c1-13-4-2-3-5-17(13)21-22-18-11-10-16(12-19(18)24(25)26)29(27,28)23-15-8-6-14(20)7-9-15/h6-13,22-23H,2-5H2,1H3. The third-order valence-corrected chi connectivity index (χ3v) is 6.41. The molecule has 1 unspecified atom stereocenters. The Hall–Kier alpha value is -2.65. The fourth-order valence-corrected chi connectivity index (χ4v) is 4.33. The van der Waals surface area contributed by atoms with Gasteiger partial charge in [-0.1, -0.05) is 24.9 Å². The Labute approximate surface area is 174 Å². The van der Waals surface area contributed by atoms with Gasteiger partial charge in [-0.25, -0.2) is 8.42 Å². The summed E-state index contributed by atoms with van der Waals surface area (Å²) >= 11 is 5.80. The number of benzene rings is 2. The molecule has 0 heterocycles. The molecule has 1 fully saturated rings. The molecule has 10 heteroatoms. The quantitative estimate of drug-likeness (QED) is 0.487. The molecule has 0 amide bonds. The molecule has 1 aliphatic carbocycles. The number of hydrazone groups is 1. The second-order valence-corrected chi connectivity index (χ2v) is 9.03. The molecule has 1 aliphatic rings. The van der Waals surface area contributed by atoms with E-state index in [0.717, 1.165) is 37.5 Å². The molecule has 154 valence electrons. The molecule has 0 saturated heterocycles. The highest BCUT2D eigenvalue weighted by Gasteiger charge is 2.22. The molecular formula is C19H21ClN4O4S. The van der Waals surface area contributed by atoms with E-state index in [-0.39, 0.29) is 16.3 Å². The molecule has 2 aromatic rings.